The van der Waals surface area contributed by atoms with Gasteiger partial charge >= 0.3 is 0 Å². The Labute approximate surface area is 163 Å². The highest BCUT2D eigenvalue weighted by Gasteiger charge is 2.12. The molecule has 142 valence electrons. The van der Waals surface area contributed by atoms with Gasteiger partial charge in [-0.1, -0.05) is 0 Å². The van der Waals surface area contributed by atoms with Gasteiger partial charge in [-0.3, -0.25) is 4.79 Å². The van der Waals surface area contributed by atoms with Crippen LogP contribution in [0.5, 0.6) is 5.75 Å². The van der Waals surface area contributed by atoms with Crippen LogP contribution in [0.1, 0.15) is 36.6 Å². The van der Waals surface area contributed by atoms with Crippen molar-refractivity contribution in [2.45, 2.75) is 39.8 Å². The number of benzene rings is 1. The summed E-state index contributed by atoms with van der Waals surface area (Å²) >= 11 is 1.46. The summed E-state index contributed by atoms with van der Waals surface area (Å²) in [5.74, 6) is 1.67. The molecule has 27 heavy (non-hydrogen) atoms. The number of thiazole rings is 1. The number of nitrogens with zero attached hydrogens (tertiary/aromatic N) is 3. The summed E-state index contributed by atoms with van der Waals surface area (Å²) in [6.45, 7) is 7.40. The molecule has 0 saturated heterocycles. The molecule has 3 aromatic rings. The van der Waals surface area contributed by atoms with Gasteiger partial charge in [-0.25, -0.2) is 9.97 Å². The van der Waals surface area contributed by atoms with E-state index in [0.29, 0.717) is 12.2 Å². The number of imidazole rings is 1. The summed E-state index contributed by atoms with van der Waals surface area (Å²) in [6.07, 6.45) is 4.72. The Morgan fingerprint density at radius 3 is 2.74 bits per heavy atom. The smallest absolute Gasteiger partial charge is 0.270 e. The van der Waals surface area contributed by atoms with Gasteiger partial charge in [0.05, 0.1) is 6.10 Å². The van der Waals surface area contributed by atoms with Crippen molar-refractivity contribution in [1.82, 2.24) is 19.9 Å². The lowest BCUT2D eigenvalue weighted by Gasteiger charge is -2.09. The number of carbonyl (C=O) groups excluding carboxylic acids is 1. The third-order valence-electron chi connectivity index (χ3n) is 3.99. The summed E-state index contributed by atoms with van der Waals surface area (Å²) in [5.41, 5.74) is 1.43. The van der Waals surface area contributed by atoms with Crippen LogP contribution in [0.15, 0.2) is 42.0 Å². The second kappa shape index (κ2) is 8.81. The molecule has 0 bridgehead atoms. The van der Waals surface area contributed by atoms with E-state index in [0.717, 1.165) is 35.1 Å². The van der Waals surface area contributed by atoms with Crippen molar-refractivity contribution in [3.05, 3.63) is 53.6 Å². The first kappa shape index (κ1) is 19.1. The van der Waals surface area contributed by atoms with Crippen LogP contribution in [-0.2, 0) is 6.54 Å². The van der Waals surface area contributed by atoms with Gasteiger partial charge < -0.3 is 14.6 Å². The first-order chi connectivity index (χ1) is 13.0. The molecule has 0 aliphatic carbocycles. The molecule has 0 aliphatic rings. The SMILES string of the molecule is Cc1nccn1CCCNC(=O)c1csc(-c2ccc(OC(C)C)cc2)n1. The molecule has 2 aromatic heterocycles. The van der Waals surface area contributed by atoms with Crippen LogP contribution in [0.3, 0.4) is 0 Å². The number of rotatable bonds is 8. The predicted octanol–water partition coefficient (Wildman–Crippen LogP) is 3.92. The van der Waals surface area contributed by atoms with E-state index in [1.165, 1.54) is 11.3 Å². The van der Waals surface area contributed by atoms with Gasteiger partial charge in [-0.2, -0.15) is 0 Å². The average molecular weight is 385 g/mol. The maximum atomic E-state index is 12.3. The Kier molecular flexibility index (Phi) is 6.24. The number of aromatic nitrogens is 3. The van der Waals surface area contributed by atoms with E-state index in [-0.39, 0.29) is 12.0 Å². The van der Waals surface area contributed by atoms with Crippen LogP contribution in [0.25, 0.3) is 10.6 Å². The molecule has 1 amide bonds. The van der Waals surface area contributed by atoms with Gasteiger partial charge in [0.2, 0.25) is 0 Å². The van der Waals surface area contributed by atoms with Gasteiger partial charge in [0.1, 0.15) is 22.3 Å². The molecule has 0 fully saturated rings. The summed E-state index contributed by atoms with van der Waals surface area (Å²) < 4.78 is 7.72. The van der Waals surface area contributed by atoms with Crippen molar-refractivity contribution < 1.29 is 9.53 Å². The molecule has 7 heteroatoms. The van der Waals surface area contributed by atoms with E-state index in [4.69, 9.17) is 4.74 Å². The second-order valence-corrected chi connectivity index (χ2v) is 7.36. The number of aryl methyl sites for hydroxylation is 2. The molecule has 3 rings (SSSR count). The minimum Gasteiger partial charge on any atom is -0.491 e. The highest BCUT2D eigenvalue weighted by Crippen LogP contribution is 2.26. The molecule has 0 spiro atoms. The van der Waals surface area contributed by atoms with Gasteiger partial charge in [0.25, 0.3) is 5.91 Å². The number of ether oxygens (including phenoxy) is 1. The Morgan fingerprint density at radius 1 is 1.30 bits per heavy atom. The monoisotopic (exact) mass is 384 g/mol. The van der Waals surface area contributed by atoms with Gasteiger partial charge in [-0.15, -0.1) is 11.3 Å². The molecule has 0 atom stereocenters. The second-order valence-electron chi connectivity index (χ2n) is 6.51. The van der Waals surface area contributed by atoms with Gasteiger partial charge in [-0.05, 0) is 51.5 Å². The molecule has 0 saturated carbocycles. The fourth-order valence-electron chi connectivity index (χ4n) is 2.64. The van der Waals surface area contributed by atoms with Crippen molar-refractivity contribution in [3.63, 3.8) is 0 Å². The number of carbonyl (C=O) groups is 1. The zero-order valence-corrected chi connectivity index (χ0v) is 16.6. The summed E-state index contributed by atoms with van der Waals surface area (Å²) in [6, 6.07) is 7.78. The molecular weight excluding hydrogens is 360 g/mol. The topological polar surface area (TPSA) is 69.0 Å². The normalized spacial score (nSPS) is 11.0. The molecule has 0 radical (unpaired) electrons. The first-order valence-electron chi connectivity index (χ1n) is 9.01. The first-order valence-corrected chi connectivity index (χ1v) is 9.89. The van der Waals surface area contributed by atoms with E-state index >= 15 is 0 Å². The lowest BCUT2D eigenvalue weighted by Crippen LogP contribution is -2.25. The number of amides is 1. The summed E-state index contributed by atoms with van der Waals surface area (Å²) in [4.78, 5) is 20.9. The summed E-state index contributed by atoms with van der Waals surface area (Å²) in [7, 11) is 0. The van der Waals surface area contributed by atoms with Crippen LogP contribution in [0, 0.1) is 6.92 Å². The van der Waals surface area contributed by atoms with Gasteiger partial charge in [0, 0.05) is 36.4 Å². The van der Waals surface area contributed by atoms with Crippen molar-refractivity contribution in [1.29, 1.82) is 0 Å². The third kappa shape index (κ3) is 5.17. The van der Waals surface area contributed by atoms with Crippen LogP contribution in [0.2, 0.25) is 0 Å². The Balaban J connectivity index is 1.52. The number of hydrogen-bond acceptors (Lipinski definition) is 5. The van der Waals surface area contributed by atoms with E-state index in [1.54, 1.807) is 11.6 Å². The fourth-order valence-corrected chi connectivity index (χ4v) is 3.45. The third-order valence-corrected chi connectivity index (χ3v) is 4.89. The lowest BCUT2D eigenvalue weighted by molar-refractivity contribution is 0.0948. The van der Waals surface area contributed by atoms with E-state index in [9.17, 15) is 4.79 Å². The number of nitrogens with one attached hydrogen (secondary N) is 1. The zero-order valence-electron chi connectivity index (χ0n) is 15.8. The maximum Gasteiger partial charge on any atom is 0.270 e. The molecule has 0 unspecified atom stereocenters. The predicted molar refractivity (Wildman–Crippen MR) is 107 cm³/mol. The molecule has 0 aliphatic heterocycles. The maximum absolute atomic E-state index is 12.3. The van der Waals surface area contributed by atoms with E-state index in [2.05, 4.69) is 19.9 Å². The quantitative estimate of drug-likeness (QED) is 0.598. The minimum absolute atomic E-state index is 0.139. The van der Waals surface area contributed by atoms with Crippen molar-refractivity contribution in [3.8, 4) is 16.3 Å². The molecule has 1 N–H and O–H groups in total. The fraction of sp³-hybridized carbons (Fsp3) is 0.350. The molecule has 2 heterocycles. The Hall–Kier alpha value is -2.67. The Morgan fingerprint density at radius 2 is 2.07 bits per heavy atom. The molecule has 6 nitrogen and oxygen atoms in total. The average Bonchev–Trinajstić information content (AvgIpc) is 3.28. The Bertz CT molecular complexity index is 884. The van der Waals surface area contributed by atoms with Crippen molar-refractivity contribution in [2.75, 3.05) is 6.54 Å². The van der Waals surface area contributed by atoms with Gasteiger partial charge in [0.15, 0.2) is 0 Å². The van der Waals surface area contributed by atoms with Crippen LogP contribution in [-0.4, -0.2) is 33.1 Å². The standard InChI is InChI=1S/C20H24N4O2S/c1-14(2)26-17-7-5-16(6-8-17)20-23-18(13-27-20)19(25)22-9-4-11-24-12-10-21-15(24)3/h5-8,10,12-14H,4,9,11H2,1-3H3,(H,22,25). The van der Waals surface area contributed by atoms with Crippen LogP contribution in [0.4, 0.5) is 0 Å². The lowest BCUT2D eigenvalue weighted by atomic mass is 10.2. The summed E-state index contributed by atoms with van der Waals surface area (Å²) in [5, 5.41) is 5.55. The van der Waals surface area contributed by atoms with Crippen LogP contribution < -0.4 is 10.1 Å². The van der Waals surface area contributed by atoms with Crippen molar-refractivity contribution >= 4 is 17.2 Å². The highest BCUT2D eigenvalue weighted by atomic mass is 32.1. The molecular formula is C20H24N4O2S. The van der Waals surface area contributed by atoms with E-state index < -0.39 is 0 Å². The molecule has 1 aromatic carbocycles. The van der Waals surface area contributed by atoms with E-state index in [1.807, 2.05) is 51.2 Å². The van der Waals surface area contributed by atoms with Crippen LogP contribution >= 0.6 is 11.3 Å². The zero-order chi connectivity index (χ0) is 19.2. The highest BCUT2D eigenvalue weighted by molar-refractivity contribution is 7.13. The largest absolute Gasteiger partial charge is 0.491 e. The van der Waals surface area contributed by atoms with Crippen molar-refractivity contribution in [2.24, 2.45) is 0 Å². The number of hydrogen-bond donors (Lipinski definition) is 1. The minimum atomic E-state index is -0.139.